The number of hydrogen-bond acceptors (Lipinski definition) is 13. The molecule has 18 heteroatoms. The topological polar surface area (TPSA) is 173 Å². The minimum absolute atomic E-state index is 0.0930. The smallest absolute Gasteiger partial charge is 0.246 e. The van der Waals surface area contributed by atoms with E-state index in [0.29, 0.717) is 42.6 Å². The number of likely N-dealkylation sites (tertiary alicyclic amines) is 1. The van der Waals surface area contributed by atoms with E-state index in [0.717, 1.165) is 94.1 Å². The lowest BCUT2D eigenvalue weighted by Crippen LogP contribution is -2.56. The number of halogens is 1. The van der Waals surface area contributed by atoms with Crippen molar-refractivity contribution in [1.29, 1.82) is 0 Å². The summed E-state index contributed by atoms with van der Waals surface area (Å²) in [5, 5.41) is 31.0. The first-order valence-electron chi connectivity index (χ1n) is 24.2. The van der Waals surface area contributed by atoms with Crippen molar-refractivity contribution in [2.45, 2.75) is 105 Å². The molecular formula is C52H66ClN11O4S2. The lowest BCUT2D eigenvalue weighted by molar-refractivity contribution is -0.140. The highest BCUT2D eigenvalue weighted by Gasteiger charge is 2.43. The van der Waals surface area contributed by atoms with Crippen LogP contribution in [-0.4, -0.2) is 134 Å². The number of nitrogens with one attached hydrogen (secondary N) is 3. The number of aliphatic hydroxyl groups excluding tert-OH is 1. The average Bonchev–Trinajstić information content (AvgIpc) is 4.10. The Bertz CT molecular complexity index is 2720. The molecule has 8 rings (SSSR count). The van der Waals surface area contributed by atoms with E-state index in [4.69, 9.17) is 16.6 Å². The number of aliphatic hydroxyl groups is 1. The molecule has 5 aromatic rings. The van der Waals surface area contributed by atoms with Gasteiger partial charge in [-0.2, -0.15) is 0 Å². The maximum Gasteiger partial charge on any atom is 0.246 e. The number of thiazole rings is 1. The Morgan fingerprint density at radius 3 is 2.27 bits per heavy atom. The molecule has 0 spiro atoms. The highest BCUT2D eigenvalue weighted by Crippen LogP contribution is 2.40. The second kappa shape index (κ2) is 22.0. The first-order chi connectivity index (χ1) is 33.4. The van der Waals surface area contributed by atoms with Crippen LogP contribution in [0.4, 0.5) is 0 Å². The van der Waals surface area contributed by atoms with Crippen LogP contribution < -0.4 is 16.0 Å². The highest BCUT2D eigenvalue weighted by molar-refractivity contribution is 7.15. The molecule has 3 aromatic heterocycles. The van der Waals surface area contributed by atoms with Gasteiger partial charge in [-0.15, -0.1) is 32.9 Å². The molecule has 0 bridgehead atoms. The van der Waals surface area contributed by atoms with Crippen molar-refractivity contribution in [1.82, 2.24) is 50.4 Å². The van der Waals surface area contributed by atoms with Gasteiger partial charge in [-0.05, 0) is 74.9 Å². The van der Waals surface area contributed by atoms with Crippen LogP contribution in [0.1, 0.15) is 97.0 Å². The van der Waals surface area contributed by atoms with Crippen molar-refractivity contribution < 1.29 is 19.5 Å². The van der Waals surface area contributed by atoms with Crippen LogP contribution in [0.2, 0.25) is 5.02 Å². The van der Waals surface area contributed by atoms with Crippen molar-refractivity contribution >= 4 is 57.7 Å². The molecule has 4 atom stereocenters. The third-order valence-electron chi connectivity index (χ3n) is 13.7. The number of aryl methyl sites for hydroxylation is 3. The van der Waals surface area contributed by atoms with Gasteiger partial charge in [0.15, 0.2) is 5.82 Å². The zero-order valence-corrected chi connectivity index (χ0v) is 43.7. The number of aromatic nitrogens is 4. The Morgan fingerprint density at radius 1 is 0.914 bits per heavy atom. The Balaban J connectivity index is 0.775. The Hall–Kier alpha value is -5.30. The Labute approximate surface area is 424 Å². The van der Waals surface area contributed by atoms with Crippen molar-refractivity contribution in [3.63, 3.8) is 0 Å². The van der Waals surface area contributed by atoms with Crippen LogP contribution in [0.5, 0.6) is 0 Å². The fourth-order valence-corrected chi connectivity index (χ4v) is 11.7. The fourth-order valence-electron chi connectivity index (χ4n) is 9.53. The van der Waals surface area contributed by atoms with Gasteiger partial charge >= 0.3 is 0 Å². The molecule has 15 nitrogen and oxygen atoms in total. The number of thiophene rings is 1. The monoisotopic (exact) mass is 1010 g/mol. The number of aliphatic imine (C=N–C) groups is 1. The van der Waals surface area contributed by atoms with E-state index in [1.807, 2.05) is 64.4 Å². The first kappa shape index (κ1) is 51.1. The van der Waals surface area contributed by atoms with Gasteiger partial charge in [0.05, 0.1) is 40.4 Å². The number of amides is 3. The van der Waals surface area contributed by atoms with Crippen molar-refractivity contribution in [3.05, 3.63) is 116 Å². The fraction of sp³-hybridized carbons (Fsp3) is 0.481. The lowest BCUT2D eigenvalue weighted by atomic mass is 9.85. The summed E-state index contributed by atoms with van der Waals surface area (Å²) < 4.78 is 2.06. The number of carbonyl (C=O) groups is 3. The van der Waals surface area contributed by atoms with E-state index >= 15 is 0 Å². The lowest BCUT2D eigenvalue weighted by Gasteiger charge is -2.37. The molecule has 70 heavy (non-hydrogen) atoms. The van der Waals surface area contributed by atoms with Crippen molar-refractivity contribution in [2.24, 2.45) is 10.4 Å². The number of piperazine rings is 1. The van der Waals surface area contributed by atoms with Gasteiger partial charge in [-0.25, -0.2) is 4.98 Å². The third kappa shape index (κ3) is 11.7. The molecule has 372 valence electrons. The van der Waals surface area contributed by atoms with Crippen LogP contribution in [0, 0.1) is 33.1 Å². The van der Waals surface area contributed by atoms with Crippen LogP contribution in [0.3, 0.4) is 0 Å². The van der Waals surface area contributed by atoms with Gasteiger partial charge in [-0.1, -0.05) is 75.3 Å². The molecule has 3 amide bonds. The van der Waals surface area contributed by atoms with Crippen LogP contribution in [0.15, 0.2) is 71.3 Å². The van der Waals surface area contributed by atoms with E-state index in [1.165, 1.54) is 4.88 Å². The summed E-state index contributed by atoms with van der Waals surface area (Å²) in [6.45, 7) is 24.3. The molecule has 2 aromatic carbocycles. The molecule has 2 saturated heterocycles. The van der Waals surface area contributed by atoms with Crippen molar-refractivity contribution in [3.8, 4) is 15.4 Å². The van der Waals surface area contributed by atoms with Gasteiger partial charge in [-0.3, -0.25) is 23.9 Å². The summed E-state index contributed by atoms with van der Waals surface area (Å²) in [7, 11) is 0. The van der Waals surface area contributed by atoms with E-state index in [9.17, 15) is 19.5 Å². The third-order valence-corrected chi connectivity index (χ3v) is 16.1. The maximum atomic E-state index is 14.3. The molecule has 0 radical (unpaired) electrons. The van der Waals surface area contributed by atoms with Gasteiger partial charge in [0, 0.05) is 91.9 Å². The standard InChI is InChI=1S/C52H66ClN11O4S2/c1-31-34(4)70-51-45(31)46(37-14-16-39(53)17-15-37)57-41(49-60-59-35(5)64(49)51)27-44(67)54-19-9-20-61-22-24-62(25-23-61)21-18-43(66)58-48(52(6,7)8)50(68)63-29-40(65)26-42(63)32(2)55-28-36-10-12-38(13-11-36)47-33(3)56-30-69-47/h10-17,30,40-42,48,55,65H,2,9,18-29H2,1,3-8H3,(H,54,67)(H,58,66)/t40-,41?,42+,48-/m1/s1. The van der Waals surface area contributed by atoms with Gasteiger partial charge in [0.1, 0.15) is 22.9 Å². The van der Waals surface area contributed by atoms with E-state index in [-0.39, 0.29) is 37.1 Å². The largest absolute Gasteiger partial charge is 0.391 e. The zero-order chi connectivity index (χ0) is 49.9. The highest BCUT2D eigenvalue weighted by atomic mass is 35.5. The number of benzene rings is 2. The maximum absolute atomic E-state index is 14.3. The summed E-state index contributed by atoms with van der Waals surface area (Å²) in [4.78, 5) is 59.6. The molecular weight excluding hydrogens is 942 g/mol. The summed E-state index contributed by atoms with van der Waals surface area (Å²) in [5.74, 6) is 0.916. The predicted octanol–water partition coefficient (Wildman–Crippen LogP) is 6.93. The zero-order valence-electron chi connectivity index (χ0n) is 41.3. The molecule has 1 unspecified atom stereocenters. The molecule has 0 aliphatic carbocycles. The minimum atomic E-state index is -0.778. The SMILES string of the molecule is C=C(NCc1ccc(-c2scnc2C)cc1)[C@@H]1C[C@@H](O)CN1C(=O)[C@@H](NC(=O)CCN1CCN(CCCNC(=O)CC2N=C(c3ccc(Cl)cc3)c3c(sc(C)c3C)-n3c(C)nnc32)CC1)C(C)(C)C. The van der Waals surface area contributed by atoms with Gasteiger partial charge in [0.2, 0.25) is 17.7 Å². The van der Waals surface area contributed by atoms with Crippen LogP contribution in [0.25, 0.3) is 15.4 Å². The average molecular weight is 1010 g/mol. The molecule has 6 heterocycles. The van der Waals surface area contributed by atoms with Crippen molar-refractivity contribution in [2.75, 3.05) is 52.4 Å². The number of rotatable bonds is 17. The summed E-state index contributed by atoms with van der Waals surface area (Å²) >= 11 is 9.58. The number of carbonyl (C=O) groups excluding carboxylic acids is 3. The number of hydrogen-bond donors (Lipinski definition) is 4. The van der Waals surface area contributed by atoms with E-state index < -0.39 is 29.6 Å². The summed E-state index contributed by atoms with van der Waals surface area (Å²) in [5.41, 5.74) is 9.07. The number of nitrogens with zero attached hydrogens (tertiary/aromatic N) is 8. The second-order valence-electron chi connectivity index (χ2n) is 19.9. The first-order valence-corrected chi connectivity index (χ1v) is 26.3. The Kier molecular flexibility index (Phi) is 16.0. The number of fused-ring (bicyclic) bond motifs is 3. The Morgan fingerprint density at radius 2 is 1.60 bits per heavy atom. The van der Waals surface area contributed by atoms with E-state index in [1.54, 1.807) is 27.6 Å². The second-order valence-corrected chi connectivity index (χ2v) is 22.3. The quantitative estimate of drug-likeness (QED) is 0.0716. The molecule has 4 N–H and O–H groups in total. The molecule has 3 aliphatic rings. The van der Waals surface area contributed by atoms with Crippen LogP contribution in [-0.2, 0) is 20.9 Å². The minimum Gasteiger partial charge on any atom is -0.391 e. The normalized spacial score (nSPS) is 19.0. The van der Waals surface area contributed by atoms with Crippen LogP contribution >= 0.6 is 34.3 Å². The summed E-state index contributed by atoms with van der Waals surface area (Å²) in [6, 6.07) is 14.3. The molecule has 0 saturated carbocycles. The van der Waals surface area contributed by atoms with E-state index in [2.05, 4.69) is 90.2 Å². The summed E-state index contributed by atoms with van der Waals surface area (Å²) in [6.07, 6.45) is 0.885. The predicted molar refractivity (Wildman–Crippen MR) is 279 cm³/mol. The number of β-amino-alcohol motifs (C(OH)–C–C–N with tert-alkyl or cyclic N) is 1. The molecule has 2 fully saturated rings. The van der Waals surface area contributed by atoms with Gasteiger partial charge in [0.25, 0.3) is 0 Å². The molecule has 3 aliphatic heterocycles. The van der Waals surface area contributed by atoms with Gasteiger partial charge < -0.3 is 35.8 Å².